The van der Waals surface area contributed by atoms with Crippen molar-refractivity contribution in [1.82, 2.24) is 9.97 Å². The highest BCUT2D eigenvalue weighted by atomic mass is 32.2. The number of hydrogen-bond donors (Lipinski definition) is 3. The molecule has 0 spiro atoms. The van der Waals surface area contributed by atoms with Gasteiger partial charge in [0.2, 0.25) is 5.95 Å². The van der Waals surface area contributed by atoms with Crippen LogP contribution in [0.5, 0.6) is 0 Å². The fraction of sp³-hybridized carbons (Fsp3) is 0.182. The number of aryl methyl sites for hydroxylation is 1. The molecular formula is C11H14N4O2S. The molecule has 1 aromatic heterocycles. The minimum absolute atomic E-state index is 0.188. The molecule has 1 aromatic carbocycles. The number of imidazole rings is 1. The molecule has 0 unspecified atom stereocenters. The van der Waals surface area contributed by atoms with Crippen LogP contribution < -0.4 is 10.5 Å². The predicted molar refractivity (Wildman–Crippen MR) is 68.5 cm³/mol. The van der Waals surface area contributed by atoms with Crippen molar-refractivity contribution in [3.05, 3.63) is 41.7 Å². The lowest BCUT2D eigenvalue weighted by molar-refractivity contribution is 0.600. The summed E-state index contributed by atoms with van der Waals surface area (Å²) in [4.78, 5) is 6.72. The highest BCUT2D eigenvalue weighted by Crippen LogP contribution is 2.19. The van der Waals surface area contributed by atoms with Crippen LogP contribution in [-0.4, -0.2) is 18.4 Å². The predicted octanol–water partition coefficient (Wildman–Crippen LogP) is 0.978. The van der Waals surface area contributed by atoms with E-state index >= 15 is 0 Å². The van der Waals surface area contributed by atoms with Crippen molar-refractivity contribution in [3.8, 4) is 0 Å². The first kappa shape index (κ1) is 12.6. The van der Waals surface area contributed by atoms with Crippen molar-refractivity contribution < 1.29 is 8.42 Å². The Hall–Kier alpha value is -1.86. The van der Waals surface area contributed by atoms with Crippen molar-refractivity contribution in [2.24, 2.45) is 5.73 Å². The number of nitrogens with one attached hydrogen (secondary N) is 2. The van der Waals surface area contributed by atoms with E-state index in [1.54, 1.807) is 31.3 Å². The molecule has 1 heterocycles. The Morgan fingerprint density at radius 1 is 1.44 bits per heavy atom. The summed E-state index contributed by atoms with van der Waals surface area (Å²) in [5.41, 5.74) is 6.94. The first-order valence-corrected chi connectivity index (χ1v) is 6.83. The second-order valence-corrected chi connectivity index (χ2v) is 5.50. The second kappa shape index (κ2) is 4.79. The third kappa shape index (κ3) is 2.52. The first-order chi connectivity index (χ1) is 8.53. The van der Waals surface area contributed by atoms with Gasteiger partial charge < -0.3 is 10.7 Å². The Labute approximate surface area is 105 Å². The highest BCUT2D eigenvalue weighted by molar-refractivity contribution is 7.92. The van der Waals surface area contributed by atoms with Gasteiger partial charge in [-0.25, -0.2) is 18.1 Å². The van der Waals surface area contributed by atoms with Gasteiger partial charge in [-0.3, -0.25) is 0 Å². The molecule has 0 aliphatic rings. The monoisotopic (exact) mass is 266 g/mol. The van der Waals surface area contributed by atoms with Gasteiger partial charge in [-0.1, -0.05) is 12.1 Å². The molecule has 0 radical (unpaired) electrons. The molecule has 0 saturated heterocycles. The standard InChI is InChI=1S/C11H14N4O2S/c1-8-2-3-9(7-12)6-10(8)18(16,17)15-11-13-4-5-14-11/h2-6H,7,12H2,1H3,(H2,13,14,15). The Bertz CT molecular complexity index is 635. The minimum atomic E-state index is -3.65. The van der Waals surface area contributed by atoms with Crippen LogP contribution in [-0.2, 0) is 16.6 Å². The molecule has 18 heavy (non-hydrogen) atoms. The number of nitrogens with zero attached hydrogens (tertiary/aromatic N) is 1. The lowest BCUT2D eigenvalue weighted by Crippen LogP contribution is -2.15. The molecule has 0 saturated carbocycles. The molecule has 2 rings (SSSR count). The van der Waals surface area contributed by atoms with Gasteiger partial charge >= 0.3 is 0 Å². The Kier molecular flexibility index (Phi) is 3.35. The van der Waals surface area contributed by atoms with Crippen LogP contribution in [0.1, 0.15) is 11.1 Å². The fourth-order valence-corrected chi connectivity index (χ4v) is 2.84. The van der Waals surface area contributed by atoms with Crippen LogP contribution in [0.25, 0.3) is 0 Å². The summed E-state index contributed by atoms with van der Waals surface area (Å²) >= 11 is 0. The van der Waals surface area contributed by atoms with Gasteiger partial charge in [-0.15, -0.1) is 0 Å². The first-order valence-electron chi connectivity index (χ1n) is 5.35. The molecule has 0 amide bonds. The molecule has 2 aromatic rings. The van der Waals surface area contributed by atoms with E-state index in [2.05, 4.69) is 14.7 Å². The van der Waals surface area contributed by atoms with Gasteiger partial charge in [0.25, 0.3) is 10.0 Å². The maximum absolute atomic E-state index is 12.2. The number of benzene rings is 1. The van der Waals surface area contributed by atoms with E-state index in [-0.39, 0.29) is 10.8 Å². The Balaban J connectivity index is 2.40. The van der Waals surface area contributed by atoms with E-state index in [4.69, 9.17) is 5.73 Å². The van der Waals surface area contributed by atoms with Gasteiger partial charge in [0.1, 0.15) is 0 Å². The van der Waals surface area contributed by atoms with Crippen molar-refractivity contribution in [2.75, 3.05) is 4.72 Å². The number of hydrogen-bond acceptors (Lipinski definition) is 4. The molecule has 96 valence electrons. The van der Waals surface area contributed by atoms with Crippen LogP contribution in [0.15, 0.2) is 35.5 Å². The smallest absolute Gasteiger partial charge is 0.264 e. The zero-order valence-corrected chi connectivity index (χ0v) is 10.7. The van der Waals surface area contributed by atoms with E-state index in [1.165, 1.54) is 6.20 Å². The lowest BCUT2D eigenvalue weighted by atomic mass is 10.1. The maximum Gasteiger partial charge on any atom is 0.264 e. The zero-order chi connectivity index (χ0) is 13.2. The summed E-state index contributed by atoms with van der Waals surface area (Å²) in [5.74, 6) is 0.188. The lowest BCUT2D eigenvalue weighted by Gasteiger charge is -2.09. The molecule has 0 aliphatic carbocycles. The average Bonchev–Trinajstić information content (AvgIpc) is 2.81. The van der Waals surface area contributed by atoms with E-state index in [9.17, 15) is 8.42 Å². The molecule has 6 nitrogen and oxygen atoms in total. The van der Waals surface area contributed by atoms with Crippen LogP contribution in [0, 0.1) is 6.92 Å². The molecule has 0 bridgehead atoms. The molecule has 7 heteroatoms. The van der Waals surface area contributed by atoms with Crippen LogP contribution in [0.2, 0.25) is 0 Å². The van der Waals surface area contributed by atoms with Crippen LogP contribution in [0.3, 0.4) is 0 Å². The highest BCUT2D eigenvalue weighted by Gasteiger charge is 2.18. The van der Waals surface area contributed by atoms with Gasteiger partial charge in [0.05, 0.1) is 4.90 Å². The third-order valence-electron chi connectivity index (χ3n) is 2.51. The molecule has 0 fully saturated rings. The van der Waals surface area contributed by atoms with E-state index in [0.29, 0.717) is 12.1 Å². The summed E-state index contributed by atoms with van der Waals surface area (Å²) in [7, 11) is -3.65. The quantitative estimate of drug-likeness (QED) is 0.767. The van der Waals surface area contributed by atoms with E-state index < -0.39 is 10.0 Å². The van der Waals surface area contributed by atoms with Crippen molar-refractivity contribution >= 4 is 16.0 Å². The van der Waals surface area contributed by atoms with Crippen molar-refractivity contribution in [2.45, 2.75) is 18.4 Å². The van der Waals surface area contributed by atoms with Gasteiger partial charge in [-0.05, 0) is 24.1 Å². The van der Waals surface area contributed by atoms with Crippen LogP contribution >= 0.6 is 0 Å². The van der Waals surface area contributed by atoms with E-state index in [0.717, 1.165) is 5.56 Å². The van der Waals surface area contributed by atoms with E-state index in [1.807, 2.05) is 0 Å². The van der Waals surface area contributed by atoms with Gasteiger partial charge in [0.15, 0.2) is 0 Å². The number of aromatic amines is 1. The number of aromatic nitrogens is 2. The van der Waals surface area contributed by atoms with Crippen molar-refractivity contribution in [3.63, 3.8) is 0 Å². The topological polar surface area (TPSA) is 101 Å². The minimum Gasteiger partial charge on any atom is -0.330 e. The summed E-state index contributed by atoms with van der Waals surface area (Å²) in [5, 5.41) is 0. The number of nitrogens with two attached hydrogens (primary N) is 1. The zero-order valence-electron chi connectivity index (χ0n) is 9.84. The van der Waals surface area contributed by atoms with Crippen LogP contribution in [0.4, 0.5) is 5.95 Å². The number of H-pyrrole nitrogens is 1. The summed E-state index contributed by atoms with van der Waals surface area (Å²) in [6, 6.07) is 5.11. The normalized spacial score (nSPS) is 11.4. The number of anilines is 1. The molecule has 0 atom stereocenters. The third-order valence-corrected chi connectivity index (χ3v) is 3.99. The largest absolute Gasteiger partial charge is 0.330 e. The second-order valence-electron chi connectivity index (χ2n) is 3.85. The molecule has 0 aliphatic heterocycles. The molecular weight excluding hydrogens is 252 g/mol. The number of sulfonamides is 1. The van der Waals surface area contributed by atoms with Gasteiger partial charge in [-0.2, -0.15) is 0 Å². The average molecular weight is 266 g/mol. The summed E-state index contributed by atoms with van der Waals surface area (Å²) in [6.07, 6.45) is 3.02. The fourth-order valence-electron chi connectivity index (χ4n) is 1.56. The Morgan fingerprint density at radius 2 is 2.22 bits per heavy atom. The van der Waals surface area contributed by atoms with Gasteiger partial charge in [0, 0.05) is 18.9 Å². The Morgan fingerprint density at radius 3 is 2.83 bits per heavy atom. The SMILES string of the molecule is Cc1ccc(CN)cc1S(=O)(=O)Nc1ncc[nH]1. The van der Waals surface area contributed by atoms with Crippen molar-refractivity contribution in [1.29, 1.82) is 0 Å². The number of rotatable bonds is 4. The molecule has 4 N–H and O–H groups in total. The summed E-state index contributed by atoms with van der Waals surface area (Å²) < 4.78 is 26.7. The summed E-state index contributed by atoms with van der Waals surface area (Å²) in [6.45, 7) is 2.03. The maximum atomic E-state index is 12.2.